The van der Waals surface area contributed by atoms with Crippen LogP contribution in [-0.2, 0) is 23.2 Å². The molecule has 13 heteroatoms. The van der Waals surface area contributed by atoms with Crippen molar-refractivity contribution in [2.45, 2.75) is 11.1 Å². The largest absolute Gasteiger partial charge is 0.433 e. The summed E-state index contributed by atoms with van der Waals surface area (Å²) in [5.74, 6) is 0. The fraction of sp³-hybridized carbons (Fsp3) is 0.118. The number of aryl methyl sites for hydroxylation is 1. The first-order chi connectivity index (χ1) is 14.1. The van der Waals surface area contributed by atoms with E-state index in [1.54, 1.807) is 25.4 Å². The summed E-state index contributed by atoms with van der Waals surface area (Å²) in [6.45, 7) is 0. The van der Waals surface area contributed by atoms with Gasteiger partial charge in [0.15, 0.2) is 0 Å². The van der Waals surface area contributed by atoms with E-state index < -0.39 is 21.9 Å². The Bertz CT molecular complexity index is 1360. The number of anilines is 1. The topological polar surface area (TPSA) is 94.7 Å². The third-order valence-corrected chi connectivity index (χ3v) is 6.27. The van der Waals surface area contributed by atoms with E-state index >= 15 is 0 Å². The van der Waals surface area contributed by atoms with Crippen molar-refractivity contribution in [3.63, 3.8) is 0 Å². The van der Waals surface area contributed by atoms with Crippen molar-refractivity contribution in [3.8, 4) is 5.69 Å². The van der Waals surface area contributed by atoms with E-state index in [1.807, 2.05) is 0 Å². The van der Waals surface area contributed by atoms with Gasteiger partial charge in [0, 0.05) is 23.1 Å². The molecule has 0 aliphatic heterocycles. The van der Waals surface area contributed by atoms with Crippen molar-refractivity contribution < 1.29 is 21.6 Å². The fourth-order valence-electron chi connectivity index (χ4n) is 2.85. The molecule has 0 aliphatic carbocycles. The lowest BCUT2D eigenvalue weighted by Crippen LogP contribution is -2.13. The van der Waals surface area contributed by atoms with Gasteiger partial charge < -0.3 is 0 Å². The van der Waals surface area contributed by atoms with Crippen molar-refractivity contribution in [3.05, 3.63) is 59.2 Å². The average molecular weight is 501 g/mol. The molecule has 8 nitrogen and oxygen atoms in total. The summed E-state index contributed by atoms with van der Waals surface area (Å²) in [7, 11) is -2.39. The summed E-state index contributed by atoms with van der Waals surface area (Å²) in [4.78, 5) is 3.06. The van der Waals surface area contributed by atoms with Crippen LogP contribution in [0.15, 0.2) is 58.4 Å². The lowest BCUT2D eigenvalue weighted by atomic mass is 10.2. The number of halogens is 4. The second-order valence-corrected chi connectivity index (χ2v) is 8.79. The van der Waals surface area contributed by atoms with Crippen LogP contribution in [0.1, 0.15) is 5.69 Å². The van der Waals surface area contributed by atoms with Gasteiger partial charge in [0.25, 0.3) is 10.0 Å². The Morgan fingerprint density at radius 1 is 1.13 bits per heavy atom. The predicted octanol–water partition coefficient (Wildman–Crippen LogP) is 3.74. The van der Waals surface area contributed by atoms with Crippen molar-refractivity contribution in [2.75, 3.05) is 4.72 Å². The van der Waals surface area contributed by atoms with Gasteiger partial charge >= 0.3 is 6.18 Å². The van der Waals surface area contributed by atoms with Gasteiger partial charge in [-0.15, -0.1) is 0 Å². The normalized spacial score (nSPS) is 12.4. The average Bonchev–Trinajstić information content (AvgIpc) is 3.32. The SMILES string of the molecule is Cn1ncc2c(Br)ccc(NS(=O)(=O)c3cnn(-c4ccnc(C(F)(F)F)c4)c3)c21. The highest BCUT2D eigenvalue weighted by Crippen LogP contribution is 2.31. The summed E-state index contributed by atoms with van der Waals surface area (Å²) < 4.78 is 70.1. The molecule has 1 N–H and O–H groups in total. The van der Waals surface area contributed by atoms with E-state index in [4.69, 9.17) is 0 Å². The van der Waals surface area contributed by atoms with Crippen LogP contribution in [-0.4, -0.2) is 33.0 Å². The number of hydrogen-bond donors (Lipinski definition) is 1. The van der Waals surface area contributed by atoms with Gasteiger partial charge in [-0.05, 0) is 24.3 Å². The van der Waals surface area contributed by atoms with Gasteiger partial charge in [0.2, 0.25) is 0 Å². The fourth-order valence-corrected chi connectivity index (χ4v) is 4.27. The molecule has 0 aliphatic rings. The number of alkyl halides is 3. The molecule has 3 heterocycles. The maximum Gasteiger partial charge on any atom is 0.433 e. The maximum atomic E-state index is 12.9. The smallest absolute Gasteiger partial charge is 0.277 e. The van der Waals surface area contributed by atoms with E-state index in [2.05, 4.69) is 35.8 Å². The van der Waals surface area contributed by atoms with Crippen molar-refractivity contribution in [2.24, 2.45) is 7.05 Å². The molecule has 0 saturated heterocycles. The molecule has 30 heavy (non-hydrogen) atoms. The standard InChI is InChI=1S/C17H12BrF3N6O2S/c1-26-16-12(8-23-26)13(18)2-3-14(16)25-30(28,29)11-7-24-27(9-11)10-4-5-22-15(6-10)17(19,20)21/h2-9,25H,1H3. The minimum Gasteiger partial charge on any atom is -0.277 e. The number of nitrogens with one attached hydrogen (secondary N) is 1. The van der Waals surface area contributed by atoms with Crippen LogP contribution in [0.25, 0.3) is 16.6 Å². The number of nitrogens with zero attached hydrogens (tertiary/aromatic N) is 5. The first-order valence-corrected chi connectivity index (χ1v) is 10.6. The van der Waals surface area contributed by atoms with Crippen molar-refractivity contribution in [1.29, 1.82) is 0 Å². The Morgan fingerprint density at radius 3 is 2.63 bits per heavy atom. The quantitative estimate of drug-likeness (QED) is 0.460. The van der Waals surface area contributed by atoms with E-state index in [0.717, 1.165) is 33.8 Å². The molecule has 0 radical (unpaired) electrons. The van der Waals surface area contributed by atoms with Crippen molar-refractivity contribution in [1.82, 2.24) is 24.5 Å². The number of hydrogen-bond acceptors (Lipinski definition) is 5. The number of fused-ring (bicyclic) bond motifs is 1. The Hall–Kier alpha value is -2.93. The monoisotopic (exact) mass is 500 g/mol. The molecule has 4 aromatic rings. The minimum atomic E-state index is -4.63. The van der Waals surface area contributed by atoms with Crippen LogP contribution in [0.4, 0.5) is 18.9 Å². The number of rotatable bonds is 4. The predicted molar refractivity (Wildman–Crippen MR) is 106 cm³/mol. The molecule has 3 aromatic heterocycles. The van der Waals surface area contributed by atoms with Gasteiger partial charge in [0.1, 0.15) is 10.6 Å². The van der Waals surface area contributed by atoms with Gasteiger partial charge in [-0.1, -0.05) is 15.9 Å². The Morgan fingerprint density at radius 2 is 1.90 bits per heavy atom. The van der Waals surface area contributed by atoms with Gasteiger partial charge in [-0.2, -0.15) is 23.4 Å². The van der Waals surface area contributed by atoms with E-state index in [1.165, 1.54) is 10.7 Å². The first kappa shape index (κ1) is 20.3. The Labute approximate surface area is 176 Å². The Balaban J connectivity index is 1.69. The van der Waals surface area contributed by atoms with Crippen LogP contribution in [0.3, 0.4) is 0 Å². The molecule has 156 valence electrons. The zero-order valence-electron chi connectivity index (χ0n) is 15.1. The zero-order valence-corrected chi connectivity index (χ0v) is 17.5. The number of aromatic nitrogens is 5. The van der Waals surface area contributed by atoms with Gasteiger partial charge in [-0.3, -0.25) is 14.4 Å². The molecule has 0 atom stereocenters. The van der Waals surface area contributed by atoms with Crippen LogP contribution in [0.5, 0.6) is 0 Å². The summed E-state index contributed by atoms with van der Waals surface area (Å²) in [6.07, 6.45) is 0.117. The van der Waals surface area contributed by atoms with Crippen LogP contribution < -0.4 is 4.72 Å². The third-order valence-electron chi connectivity index (χ3n) is 4.26. The molecule has 0 saturated carbocycles. The molecular weight excluding hydrogens is 489 g/mol. The molecular formula is C17H12BrF3N6O2S. The highest BCUT2D eigenvalue weighted by molar-refractivity contribution is 9.10. The molecule has 0 amide bonds. The lowest BCUT2D eigenvalue weighted by Gasteiger charge is -2.09. The maximum absolute atomic E-state index is 12.9. The van der Waals surface area contributed by atoms with Crippen LogP contribution in [0, 0.1) is 0 Å². The first-order valence-electron chi connectivity index (χ1n) is 8.27. The third kappa shape index (κ3) is 3.65. The van der Waals surface area contributed by atoms with Crippen molar-refractivity contribution >= 4 is 42.5 Å². The summed E-state index contributed by atoms with van der Waals surface area (Å²) in [5, 5.41) is 8.72. The Kier molecular flexibility index (Phi) is 4.81. The molecule has 1 aromatic carbocycles. The van der Waals surface area contributed by atoms with E-state index in [-0.39, 0.29) is 10.6 Å². The highest BCUT2D eigenvalue weighted by atomic mass is 79.9. The number of sulfonamides is 1. The minimum absolute atomic E-state index is 0.0245. The summed E-state index contributed by atoms with van der Waals surface area (Å²) in [5.41, 5.74) is -0.226. The van der Waals surface area contributed by atoms with Crippen LogP contribution >= 0.6 is 15.9 Å². The lowest BCUT2D eigenvalue weighted by molar-refractivity contribution is -0.141. The van der Waals surface area contributed by atoms with Gasteiger partial charge in [-0.25, -0.2) is 13.1 Å². The van der Waals surface area contributed by atoms with Crippen LogP contribution in [0.2, 0.25) is 0 Å². The molecule has 4 rings (SSSR count). The molecule has 0 unspecified atom stereocenters. The zero-order chi connectivity index (χ0) is 21.7. The van der Waals surface area contributed by atoms with E-state index in [0.29, 0.717) is 16.6 Å². The second kappa shape index (κ2) is 7.09. The second-order valence-electron chi connectivity index (χ2n) is 6.25. The highest BCUT2D eigenvalue weighted by Gasteiger charge is 2.32. The number of benzene rings is 1. The molecule has 0 spiro atoms. The van der Waals surface area contributed by atoms with E-state index in [9.17, 15) is 21.6 Å². The summed E-state index contributed by atoms with van der Waals surface area (Å²) >= 11 is 3.39. The molecule has 0 bridgehead atoms. The number of pyridine rings is 1. The summed E-state index contributed by atoms with van der Waals surface area (Å²) in [6, 6.07) is 5.33. The molecule has 0 fully saturated rings. The van der Waals surface area contributed by atoms with Gasteiger partial charge in [0.05, 0.1) is 35.5 Å².